The van der Waals surface area contributed by atoms with Crippen molar-refractivity contribution >= 4 is 5.69 Å². The molecule has 1 aromatic carbocycles. The Morgan fingerprint density at radius 2 is 2.14 bits per heavy atom. The van der Waals surface area contributed by atoms with Crippen LogP contribution in [0.25, 0.3) is 0 Å². The first-order valence-electron chi connectivity index (χ1n) is 4.52. The van der Waals surface area contributed by atoms with Crippen LogP contribution in [0.3, 0.4) is 0 Å². The molecule has 0 saturated heterocycles. The number of nitrogen functional groups attached to an aromatic ring is 1. The zero-order valence-corrected chi connectivity index (χ0v) is 7.84. The van der Waals surface area contributed by atoms with Crippen LogP contribution in [0.4, 0.5) is 14.5 Å². The fraction of sp³-hybridized carbons (Fsp3) is 0.400. The van der Waals surface area contributed by atoms with E-state index in [1.54, 1.807) is 6.07 Å². The first-order chi connectivity index (χ1) is 6.68. The smallest absolute Gasteiger partial charge is 0.250 e. The van der Waals surface area contributed by atoms with Crippen molar-refractivity contribution in [2.45, 2.75) is 12.8 Å². The van der Waals surface area contributed by atoms with Crippen LogP contribution in [-0.4, -0.2) is 19.5 Å². The predicted molar refractivity (Wildman–Crippen MR) is 53.4 cm³/mol. The number of anilines is 1. The molecule has 0 aliphatic carbocycles. The van der Waals surface area contributed by atoms with Gasteiger partial charge in [0.15, 0.2) is 0 Å². The van der Waals surface area contributed by atoms with Gasteiger partial charge in [0.25, 0.3) is 6.43 Å². The second-order valence-electron chi connectivity index (χ2n) is 3.09. The van der Waals surface area contributed by atoms with Gasteiger partial charge < -0.3 is 11.1 Å². The number of halogens is 2. The Hall–Kier alpha value is -1.16. The molecule has 0 atom stereocenters. The van der Waals surface area contributed by atoms with Gasteiger partial charge in [-0.05, 0) is 30.7 Å². The second kappa shape index (κ2) is 5.54. The minimum Gasteiger partial charge on any atom is -0.399 e. The van der Waals surface area contributed by atoms with Crippen molar-refractivity contribution < 1.29 is 8.78 Å². The summed E-state index contributed by atoms with van der Waals surface area (Å²) in [7, 11) is 0. The Bertz CT molecular complexity index is 277. The molecule has 0 amide bonds. The van der Waals surface area contributed by atoms with E-state index in [9.17, 15) is 8.78 Å². The van der Waals surface area contributed by atoms with Crippen molar-refractivity contribution in [3.63, 3.8) is 0 Å². The summed E-state index contributed by atoms with van der Waals surface area (Å²) in [5.41, 5.74) is 7.34. The van der Waals surface area contributed by atoms with Crippen molar-refractivity contribution in [1.82, 2.24) is 5.32 Å². The molecule has 0 unspecified atom stereocenters. The third kappa shape index (κ3) is 4.18. The standard InChI is InChI=1S/C10H14F2N2/c11-10(12)7-14-5-4-8-2-1-3-9(13)6-8/h1-3,6,10,14H,4-5,7,13H2. The highest BCUT2D eigenvalue weighted by atomic mass is 19.3. The third-order valence-electron chi connectivity index (χ3n) is 1.84. The van der Waals surface area contributed by atoms with Crippen molar-refractivity contribution in [1.29, 1.82) is 0 Å². The summed E-state index contributed by atoms with van der Waals surface area (Å²) in [6, 6.07) is 7.44. The van der Waals surface area contributed by atoms with Gasteiger partial charge in [-0.15, -0.1) is 0 Å². The quantitative estimate of drug-likeness (QED) is 0.560. The molecule has 4 heteroatoms. The minimum absolute atomic E-state index is 0.248. The van der Waals surface area contributed by atoms with Gasteiger partial charge in [-0.3, -0.25) is 0 Å². The Balaban J connectivity index is 2.25. The summed E-state index contributed by atoms with van der Waals surface area (Å²) < 4.78 is 23.5. The summed E-state index contributed by atoms with van der Waals surface area (Å²) >= 11 is 0. The molecule has 1 rings (SSSR count). The van der Waals surface area contributed by atoms with Crippen molar-refractivity contribution in [3.8, 4) is 0 Å². The van der Waals surface area contributed by atoms with Crippen LogP contribution in [0.15, 0.2) is 24.3 Å². The van der Waals surface area contributed by atoms with Gasteiger partial charge in [0.1, 0.15) is 0 Å². The Labute approximate surface area is 82.1 Å². The Morgan fingerprint density at radius 1 is 1.36 bits per heavy atom. The first-order valence-corrected chi connectivity index (χ1v) is 4.52. The number of nitrogens with one attached hydrogen (secondary N) is 1. The number of benzene rings is 1. The Morgan fingerprint density at radius 3 is 2.79 bits per heavy atom. The first kappa shape index (κ1) is 10.9. The number of rotatable bonds is 5. The molecule has 0 heterocycles. The van der Waals surface area contributed by atoms with Crippen LogP contribution < -0.4 is 11.1 Å². The number of hydrogen-bond donors (Lipinski definition) is 2. The molecule has 0 aromatic heterocycles. The number of alkyl halides is 2. The maximum Gasteiger partial charge on any atom is 0.250 e. The summed E-state index contributed by atoms with van der Waals surface area (Å²) in [6.45, 7) is 0.302. The number of hydrogen-bond acceptors (Lipinski definition) is 2. The predicted octanol–water partition coefficient (Wildman–Crippen LogP) is 1.67. The van der Waals surface area contributed by atoms with Gasteiger partial charge in [-0.25, -0.2) is 8.78 Å². The third-order valence-corrected chi connectivity index (χ3v) is 1.84. The Kier molecular flexibility index (Phi) is 4.32. The summed E-state index contributed by atoms with van der Waals surface area (Å²) in [5.74, 6) is 0. The molecule has 78 valence electrons. The average molecular weight is 200 g/mol. The lowest BCUT2D eigenvalue weighted by molar-refractivity contribution is 0.146. The maximum absolute atomic E-state index is 11.7. The molecule has 14 heavy (non-hydrogen) atoms. The van der Waals surface area contributed by atoms with Crippen LogP contribution >= 0.6 is 0 Å². The van der Waals surface area contributed by atoms with Gasteiger partial charge in [0.05, 0.1) is 6.54 Å². The molecule has 0 spiro atoms. The molecule has 0 fully saturated rings. The molecule has 1 aromatic rings. The van der Waals surface area contributed by atoms with Crippen molar-refractivity contribution in [2.75, 3.05) is 18.8 Å². The molecule has 0 saturated carbocycles. The van der Waals surface area contributed by atoms with E-state index in [0.717, 1.165) is 12.0 Å². The van der Waals surface area contributed by atoms with E-state index in [-0.39, 0.29) is 6.54 Å². The zero-order valence-electron chi connectivity index (χ0n) is 7.84. The van der Waals surface area contributed by atoms with E-state index in [0.29, 0.717) is 12.2 Å². The van der Waals surface area contributed by atoms with E-state index in [2.05, 4.69) is 5.32 Å². The second-order valence-corrected chi connectivity index (χ2v) is 3.09. The fourth-order valence-corrected chi connectivity index (χ4v) is 1.19. The largest absolute Gasteiger partial charge is 0.399 e. The van der Waals surface area contributed by atoms with Crippen LogP contribution in [0, 0.1) is 0 Å². The van der Waals surface area contributed by atoms with Crippen molar-refractivity contribution in [3.05, 3.63) is 29.8 Å². The van der Waals surface area contributed by atoms with Gasteiger partial charge in [-0.1, -0.05) is 12.1 Å². The lowest BCUT2D eigenvalue weighted by atomic mass is 10.1. The molecule has 3 N–H and O–H groups in total. The molecule has 0 aliphatic rings. The van der Waals surface area contributed by atoms with E-state index < -0.39 is 6.43 Å². The monoisotopic (exact) mass is 200 g/mol. The highest BCUT2D eigenvalue weighted by Gasteiger charge is 2.00. The maximum atomic E-state index is 11.7. The van der Waals surface area contributed by atoms with Crippen LogP contribution in [0.5, 0.6) is 0 Å². The highest BCUT2D eigenvalue weighted by Crippen LogP contribution is 2.06. The SMILES string of the molecule is Nc1cccc(CCNCC(F)F)c1. The van der Waals surface area contributed by atoms with Gasteiger partial charge >= 0.3 is 0 Å². The summed E-state index contributed by atoms with van der Waals surface area (Å²) in [5, 5.41) is 2.66. The topological polar surface area (TPSA) is 38.0 Å². The zero-order chi connectivity index (χ0) is 10.4. The molecule has 0 radical (unpaired) electrons. The van der Waals surface area contributed by atoms with Crippen LogP contribution in [-0.2, 0) is 6.42 Å². The number of nitrogens with two attached hydrogens (primary N) is 1. The van der Waals surface area contributed by atoms with Crippen LogP contribution in [0.1, 0.15) is 5.56 Å². The van der Waals surface area contributed by atoms with Gasteiger partial charge in [-0.2, -0.15) is 0 Å². The molecular formula is C10H14F2N2. The molecule has 2 nitrogen and oxygen atoms in total. The van der Waals surface area contributed by atoms with Gasteiger partial charge in [0, 0.05) is 5.69 Å². The van der Waals surface area contributed by atoms with E-state index >= 15 is 0 Å². The van der Waals surface area contributed by atoms with E-state index in [1.807, 2.05) is 18.2 Å². The van der Waals surface area contributed by atoms with E-state index in [1.165, 1.54) is 0 Å². The fourth-order valence-electron chi connectivity index (χ4n) is 1.19. The summed E-state index contributed by atoms with van der Waals surface area (Å²) in [4.78, 5) is 0. The molecule has 0 bridgehead atoms. The van der Waals surface area contributed by atoms with Crippen molar-refractivity contribution in [2.24, 2.45) is 0 Å². The minimum atomic E-state index is -2.28. The van der Waals surface area contributed by atoms with E-state index in [4.69, 9.17) is 5.73 Å². The average Bonchev–Trinajstić information content (AvgIpc) is 2.12. The van der Waals surface area contributed by atoms with Gasteiger partial charge in [0.2, 0.25) is 0 Å². The lowest BCUT2D eigenvalue weighted by Crippen LogP contribution is -2.23. The normalized spacial score (nSPS) is 10.8. The summed E-state index contributed by atoms with van der Waals surface area (Å²) in [6.07, 6.45) is -1.56. The molecule has 0 aliphatic heterocycles. The highest BCUT2D eigenvalue weighted by molar-refractivity contribution is 5.40. The molecular weight excluding hydrogens is 186 g/mol. The lowest BCUT2D eigenvalue weighted by Gasteiger charge is -2.04. The van der Waals surface area contributed by atoms with Crippen LogP contribution in [0.2, 0.25) is 0 Å².